The average molecular weight is 530 g/mol. The Morgan fingerprint density at radius 1 is 1.06 bits per heavy atom. The largest absolute Gasteiger partial charge is 0.378 e. The van der Waals surface area contributed by atoms with E-state index in [1.54, 1.807) is 23.1 Å². The van der Waals surface area contributed by atoms with Gasteiger partial charge in [0, 0.05) is 31.3 Å². The summed E-state index contributed by atoms with van der Waals surface area (Å²) in [6, 6.07) is 11.6. The van der Waals surface area contributed by atoms with Gasteiger partial charge in [-0.05, 0) is 61.0 Å². The number of nitrogens with zero attached hydrogens (tertiary/aromatic N) is 2. The van der Waals surface area contributed by atoms with Crippen LogP contribution in [0, 0.1) is 0 Å². The van der Waals surface area contributed by atoms with Crippen LogP contribution in [0.4, 0.5) is 10.5 Å². The Morgan fingerprint density at radius 2 is 1.72 bits per heavy atom. The van der Waals surface area contributed by atoms with Gasteiger partial charge in [0.25, 0.3) is 11.1 Å². The van der Waals surface area contributed by atoms with Crippen molar-refractivity contribution in [3.63, 3.8) is 0 Å². The van der Waals surface area contributed by atoms with Gasteiger partial charge in [0.2, 0.25) is 11.8 Å². The van der Waals surface area contributed by atoms with Crippen LogP contribution in [-0.2, 0) is 24.5 Å². The second-order valence-electron chi connectivity index (χ2n) is 8.14. The molecule has 10 nitrogen and oxygen atoms in total. The van der Waals surface area contributed by atoms with E-state index < -0.39 is 21.3 Å². The monoisotopic (exact) mass is 529 g/mol. The van der Waals surface area contributed by atoms with Crippen LogP contribution in [0.25, 0.3) is 6.08 Å². The van der Waals surface area contributed by atoms with Crippen LogP contribution in [0.1, 0.15) is 25.3 Å². The van der Waals surface area contributed by atoms with Crippen molar-refractivity contribution in [1.29, 1.82) is 0 Å². The Kier molecular flexibility index (Phi) is 7.45. The lowest BCUT2D eigenvalue weighted by Gasteiger charge is -2.18. The number of amides is 4. The number of hydrogen-bond donors (Lipinski definition) is 1. The molecule has 36 heavy (non-hydrogen) atoms. The van der Waals surface area contributed by atoms with E-state index in [1.165, 1.54) is 43.3 Å². The fourth-order valence-electron chi connectivity index (χ4n) is 3.73. The van der Waals surface area contributed by atoms with Crippen molar-refractivity contribution >= 4 is 56.6 Å². The first-order valence-corrected chi connectivity index (χ1v) is 13.3. The van der Waals surface area contributed by atoms with Gasteiger partial charge in [-0.15, -0.1) is 0 Å². The van der Waals surface area contributed by atoms with Crippen LogP contribution in [0.5, 0.6) is 5.75 Å². The number of carbonyl (C=O) groups excluding carboxylic acids is 4. The minimum Gasteiger partial charge on any atom is -0.378 e. The van der Waals surface area contributed by atoms with Crippen molar-refractivity contribution in [2.75, 3.05) is 25.0 Å². The van der Waals surface area contributed by atoms with Gasteiger partial charge in [-0.1, -0.05) is 18.2 Å². The summed E-state index contributed by atoms with van der Waals surface area (Å²) in [5.74, 6) is -1.23. The molecular formula is C24H23N3O7S2. The highest BCUT2D eigenvalue weighted by molar-refractivity contribution is 8.18. The molecule has 0 saturated carbocycles. The third kappa shape index (κ3) is 5.77. The van der Waals surface area contributed by atoms with Crippen LogP contribution in [0.15, 0.2) is 58.3 Å². The zero-order valence-corrected chi connectivity index (χ0v) is 20.9. The number of para-hydroxylation sites is 1. The Morgan fingerprint density at radius 3 is 2.39 bits per heavy atom. The first kappa shape index (κ1) is 25.5. The van der Waals surface area contributed by atoms with E-state index >= 15 is 0 Å². The van der Waals surface area contributed by atoms with Crippen LogP contribution >= 0.6 is 11.8 Å². The fourth-order valence-corrected chi connectivity index (χ4v) is 5.51. The molecule has 4 rings (SSSR count). The molecule has 2 saturated heterocycles. The molecule has 0 aromatic heterocycles. The molecular weight excluding hydrogens is 506 g/mol. The highest BCUT2D eigenvalue weighted by atomic mass is 32.2. The summed E-state index contributed by atoms with van der Waals surface area (Å²) in [6.07, 6.45) is 3.16. The van der Waals surface area contributed by atoms with Gasteiger partial charge >= 0.3 is 10.1 Å². The smallest absolute Gasteiger partial charge is 0.339 e. The minimum absolute atomic E-state index is 0.0385. The molecule has 0 unspecified atom stereocenters. The minimum atomic E-state index is -4.24. The second-order valence-corrected chi connectivity index (χ2v) is 10.7. The average Bonchev–Trinajstić information content (AvgIpc) is 3.45. The number of imide groups is 1. The van der Waals surface area contributed by atoms with Crippen molar-refractivity contribution in [3.05, 3.63) is 59.0 Å². The predicted molar refractivity (Wildman–Crippen MR) is 133 cm³/mol. The van der Waals surface area contributed by atoms with Crippen LogP contribution in [0.3, 0.4) is 0 Å². The summed E-state index contributed by atoms with van der Waals surface area (Å²) in [5, 5.41) is 1.98. The topological polar surface area (TPSA) is 130 Å². The van der Waals surface area contributed by atoms with E-state index in [0.29, 0.717) is 30.5 Å². The zero-order valence-electron chi connectivity index (χ0n) is 19.3. The maximum absolute atomic E-state index is 12.9. The lowest BCUT2D eigenvalue weighted by atomic mass is 10.2. The molecule has 2 aromatic carbocycles. The molecule has 2 heterocycles. The number of hydrogen-bond acceptors (Lipinski definition) is 8. The SMILES string of the molecule is CC(=O)Nc1ccc(S(=O)(=O)Oc2ccccc2/C=C2\SC(=O)N(CC(=O)N3CCCC3)C2=O)cc1. The highest BCUT2D eigenvalue weighted by Crippen LogP contribution is 2.34. The Bertz CT molecular complexity index is 1350. The Labute approximate surface area is 212 Å². The van der Waals surface area contributed by atoms with Crippen LogP contribution in [0.2, 0.25) is 0 Å². The molecule has 0 spiro atoms. The number of rotatable bonds is 7. The van der Waals surface area contributed by atoms with E-state index in [4.69, 9.17) is 4.18 Å². The van der Waals surface area contributed by atoms with Gasteiger partial charge in [-0.3, -0.25) is 24.1 Å². The van der Waals surface area contributed by atoms with Gasteiger partial charge in [0.15, 0.2) is 0 Å². The molecule has 188 valence electrons. The molecule has 1 N–H and O–H groups in total. The number of likely N-dealkylation sites (tertiary alicyclic amines) is 1. The maximum atomic E-state index is 12.9. The normalized spacial score (nSPS) is 17.1. The summed E-state index contributed by atoms with van der Waals surface area (Å²) < 4.78 is 31.0. The molecule has 0 aliphatic carbocycles. The number of thioether (sulfide) groups is 1. The van der Waals surface area contributed by atoms with Crippen molar-refractivity contribution in [3.8, 4) is 5.75 Å². The van der Waals surface area contributed by atoms with Crippen molar-refractivity contribution in [1.82, 2.24) is 9.80 Å². The van der Waals surface area contributed by atoms with Gasteiger partial charge in [-0.2, -0.15) is 8.42 Å². The first-order chi connectivity index (χ1) is 17.1. The third-order valence-corrected chi connectivity index (χ3v) is 7.65. The van der Waals surface area contributed by atoms with Crippen LogP contribution in [-0.4, -0.2) is 60.8 Å². The number of benzene rings is 2. The van der Waals surface area contributed by atoms with E-state index in [0.717, 1.165) is 17.7 Å². The number of anilines is 1. The maximum Gasteiger partial charge on any atom is 0.339 e. The molecule has 2 fully saturated rings. The molecule has 12 heteroatoms. The fraction of sp³-hybridized carbons (Fsp3) is 0.250. The zero-order chi connectivity index (χ0) is 25.9. The molecule has 2 aliphatic rings. The van der Waals surface area contributed by atoms with Gasteiger partial charge < -0.3 is 14.4 Å². The number of carbonyl (C=O) groups is 4. The van der Waals surface area contributed by atoms with Crippen molar-refractivity contribution < 1.29 is 31.8 Å². The summed E-state index contributed by atoms with van der Waals surface area (Å²) >= 11 is 0.679. The quantitative estimate of drug-likeness (QED) is 0.428. The van der Waals surface area contributed by atoms with Gasteiger partial charge in [0.1, 0.15) is 17.2 Å². The second kappa shape index (κ2) is 10.5. The molecule has 4 amide bonds. The lowest BCUT2D eigenvalue weighted by Crippen LogP contribution is -2.40. The van der Waals surface area contributed by atoms with E-state index in [1.807, 2.05) is 0 Å². The summed E-state index contributed by atoms with van der Waals surface area (Å²) in [5.41, 5.74) is 0.702. The molecule has 0 radical (unpaired) electrons. The van der Waals surface area contributed by atoms with Crippen molar-refractivity contribution in [2.24, 2.45) is 0 Å². The van der Waals surface area contributed by atoms with Crippen molar-refractivity contribution in [2.45, 2.75) is 24.7 Å². The van der Waals surface area contributed by atoms with Gasteiger partial charge in [-0.25, -0.2) is 0 Å². The van der Waals surface area contributed by atoms with E-state index in [2.05, 4.69) is 5.32 Å². The Balaban J connectivity index is 1.52. The van der Waals surface area contributed by atoms with E-state index in [-0.39, 0.29) is 39.5 Å². The van der Waals surface area contributed by atoms with E-state index in [9.17, 15) is 27.6 Å². The summed E-state index contributed by atoms with van der Waals surface area (Å²) in [4.78, 5) is 51.3. The standard InChI is InChI=1S/C24H23N3O7S2/c1-16(28)25-18-8-10-19(11-9-18)36(32,33)34-20-7-3-2-6-17(20)14-21-23(30)27(24(31)35-21)15-22(29)26-12-4-5-13-26/h2-3,6-11,14H,4-5,12-13,15H2,1H3,(H,25,28)/b21-14-. The van der Waals surface area contributed by atoms with Crippen LogP contribution < -0.4 is 9.50 Å². The molecule has 0 bridgehead atoms. The molecule has 0 atom stereocenters. The summed E-state index contributed by atoms with van der Waals surface area (Å²) in [6.45, 7) is 2.23. The Hall–Kier alpha value is -3.64. The molecule has 2 aliphatic heterocycles. The molecule has 2 aromatic rings. The van der Waals surface area contributed by atoms with Gasteiger partial charge in [0.05, 0.1) is 4.91 Å². The lowest BCUT2D eigenvalue weighted by molar-refractivity contribution is -0.135. The summed E-state index contributed by atoms with van der Waals surface area (Å²) in [7, 11) is -4.24. The first-order valence-electron chi connectivity index (χ1n) is 11.1. The number of nitrogens with one attached hydrogen (secondary N) is 1. The highest BCUT2D eigenvalue weighted by Gasteiger charge is 2.37. The predicted octanol–water partition coefficient (Wildman–Crippen LogP) is 3.07. The third-order valence-electron chi connectivity index (χ3n) is 5.49.